The average molecular weight is 407 g/mol. The van der Waals surface area contributed by atoms with E-state index in [4.69, 9.17) is 34.8 Å². The lowest BCUT2D eigenvalue weighted by Gasteiger charge is -2.12. The summed E-state index contributed by atoms with van der Waals surface area (Å²) in [4.78, 5) is 10.1. The van der Waals surface area contributed by atoms with Gasteiger partial charge in [0, 0.05) is 10.4 Å². The maximum atomic E-state index is 6.29. The molecule has 0 aliphatic rings. The molecule has 0 atom stereocenters. The molecule has 3 nitrogen and oxygen atoms in total. The number of thiophene rings is 1. The number of benzene rings is 2. The average Bonchev–Trinajstić information content (AvgIpc) is 3.03. The second-order valence-corrected chi connectivity index (χ2v) is 7.43. The highest BCUT2D eigenvalue weighted by Gasteiger charge is 2.14. The molecule has 0 fully saturated rings. The summed E-state index contributed by atoms with van der Waals surface area (Å²) in [6.45, 7) is 0. The number of hydrogen-bond donors (Lipinski definition) is 1. The van der Waals surface area contributed by atoms with Crippen LogP contribution in [0, 0.1) is 0 Å². The summed E-state index contributed by atoms with van der Waals surface area (Å²) >= 11 is 20.0. The number of nitrogens with one attached hydrogen (secondary N) is 1. The van der Waals surface area contributed by atoms with Crippen LogP contribution in [-0.2, 0) is 0 Å². The summed E-state index contributed by atoms with van der Waals surface area (Å²) in [6.07, 6.45) is 0. The van der Waals surface area contributed by atoms with Crippen LogP contribution in [0.1, 0.15) is 0 Å². The van der Waals surface area contributed by atoms with Gasteiger partial charge in [-0.2, -0.15) is 0 Å². The number of fused-ring (bicyclic) bond motifs is 1. The van der Waals surface area contributed by atoms with Gasteiger partial charge < -0.3 is 5.32 Å². The van der Waals surface area contributed by atoms with Gasteiger partial charge in [-0.15, -0.1) is 11.3 Å². The van der Waals surface area contributed by atoms with E-state index in [1.807, 2.05) is 41.8 Å². The van der Waals surface area contributed by atoms with Crippen molar-refractivity contribution in [2.45, 2.75) is 0 Å². The van der Waals surface area contributed by atoms with Gasteiger partial charge in [0.25, 0.3) is 0 Å². The lowest BCUT2D eigenvalue weighted by Crippen LogP contribution is -1.99. The Labute approximate surface area is 163 Å². The Morgan fingerprint density at radius 1 is 0.880 bits per heavy atom. The number of hydrogen-bond acceptors (Lipinski definition) is 4. The van der Waals surface area contributed by atoms with Crippen LogP contribution < -0.4 is 5.32 Å². The number of para-hydroxylation sites is 1. The van der Waals surface area contributed by atoms with E-state index in [0.717, 1.165) is 21.5 Å². The van der Waals surface area contributed by atoms with Crippen LogP contribution in [0.4, 0.5) is 11.5 Å². The molecule has 2 heterocycles. The van der Waals surface area contributed by atoms with Crippen molar-refractivity contribution >= 4 is 68.5 Å². The second-order valence-electron chi connectivity index (χ2n) is 5.26. The standard InChI is InChI=1S/C18H10Cl3N3S/c19-10-5-6-15(13(21)9-10)23-17-11-3-1-2-4-14(11)22-18(24-17)16-12(20)7-8-25-16/h1-9H,(H,22,23,24). The molecule has 124 valence electrons. The topological polar surface area (TPSA) is 37.8 Å². The molecule has 2 aromatic heterocycles. The van der Waals surface area contributed by atoms with Crippen LogP contribution in [0.25, 0.3) is 21.6 Å². The van der Waals surface area contributed by atoms with E-state index in [2.05, 4.69) is 15.3 Å². The third kappa shape index (κ3) is 3.31. The third-order valence-electron chi connectivity index (χ3n) is 3.61. The van der Waals surface area contributed by atoms with Crippen LogP contribution in [0.15, 0.2) is 53.9 Å². The lowest BCUT2D eigenvalue weighted by molar-refractivity contribution is 1.23. The van der Waals surface area contributed by atoms with E-state index in [-0.39, 0.29) is 0 Å². The quantitative estimate of drug-likeness (QED) is 0.395. The SMILES string of the molecule is Clc1ccc(Nc2nc(-c3sccc3Cl)nc3ccccc23)c(Cl)c1. The maximum absolute atomic E-state index is 6.29. The number of nitrogens with zero attached hydrogens (tertiary/aromatic N) is 2. The first kappa shape index (κ1) is 16.6. The van der Waals surface area contributed by atoms with Crippen molar-refractivity contribution in [1.29, 1.82) is 0 Å². The summed E-state index contributed by atoms with van der Waals surface area (Å²) in [5, 5.41) is 7.83. The van der Waals surface area contributed by atoms with E-state index in [1.54, 1.807) is 12.1 Å². The number of aromatic nitrogens is 2. The molecular weight excluding hydrogens is 397 g/mol. The molecule has 0 aliphatic carbocycles. The van der Waals surface area contributed by atoms with Crippen molar-refractivity contribution in [2.24, 2.45) is 0 Å². The first-order valence-corrected chi connectivity index (χ1v) is 9.35. The molecule has 7 heteroatoms. The van der Waals surface area contributed by atoms with Gasteiger partial charge in [0.1, 0.15) is 5.82 Å². The summed E-state index contributed by atoms with van der Waals surface area (Å²) in [7, 11) is 0. The molecule has 0 spiro atoms. The Bertz CT molecular complexity index is 1080. The molecule has 4 rings (SSSR count). The van der Waals surface area contributed by atoms with Gasteiger partial charge >= 0.3 is 0 Å². The minimum atomic E-state index is 0.519. The molecule has 0 saturated heterocycles. The highest BCUT2D eigenvalue weighted by atomic mass is 35.5. The smallest absolute Gasteiger partial charge is 0.173 e. The Morgan fingerprint density at radius 2 is 1.72 bits per heavy atom. The summed E-state index contributed by atoms with van der Waals surface area (Å²) < 4.78 is 0. The van der Waals surface area contributed by atoms with Gasteiger partial charge in [-0.3, -0.25) is 0 Å². The van der Waals surface area contributed by atoms with Gasteiger partial charge in [-0.05, 0) is 41.8 Å². The van der Waals surface area contributed by atoms with Gasteiger partial charge in [0.15, 0.2) is 5.82 Å². The maximum Gasteiger partial charge on any atom is 0.173 e. The van der Waals surface area contributed by atoms with Gasteiger partial charge in [-0.25, -0.2) is 9.97 Å². The van der Waals surface area contributed by atoms with Crippen LogP contribution >= 0.6 is 46.1 Å². The van der Waals surface area contributed by atoms with Crippen molar-refractivity contribution in [3.05, 3.63) is 69.0 Å². The van der Waals surface area contributed by atoms with E-state index in [0.29, 0.717) is 26.7 Å². The van der Waals surface area contributed by atoms with Crippen LogP contribution in [-0.4, -0.2) is 9.97 Å². The number of rotatable bonds is 3. The highest BCUT2D eigenvalue weighted by Crippen LogP contribution is 2.35. The lowest BCUT2D eigenvalue weighted by atomic mass is 10.2. The molecule has 1 N–H and O–H groups in total. The predicted molar refractivity (Wildman–Crippen MR) is 108 cm³/mol. The highest BCUT2D eigenvalue weighted by molar-refractivity contribution is 7.14. The molecule has 0 radical (unpaired) electrons. The van der Waals surface area contributed by atoms with E-state index in [1.165, 1.54) is 11.3 Å². The summed E-state index contributed by atoms with van der Waals surface area (Å²) in [5.74, 6) is 1.24. The molecule has 2 aromatic carbocycles. The normalized spacial score (nSPS) is 11.0. The minimum absolute atomic E-state index is 0.519. The van der Waals surface area contributed by atoms with E-state index < -0.39 is 0 Å². The van der Waals surface area contributed by atoms with E-state index >= 15 is 0 Å². The van der Waals surface area contributed by atoms with Crippen molar-refractivity contribution < 1.29 is 0 Å². The Hall–Kier alpha value is -1.85. The fraction of sp³-hybridized carbons (Fsp3) is 0. The van der Waals surface area contributed by atoms with Gasteiger partial charge in [0.2, 0.25) is 0 Å². The van der Waals surface area contributed by atoms with Crippen LogP contribution in [0.3, 0.4) is 0 Å². The zero-order chi connectivity index (χ0) is 17.4. The fourth-order valence-corrected chi connectivity index (χ4v) is 3.97. The molecule has 25 heavy (non-hydrogen) atoms. The molecule has 0 bridgehead atoms. The fourth-order valence-electron chi connectivity index (χ4n) is 2.45. The van der Waals surface area contributed by atoms with E-state index in [9.17, 15) is 0 Å². The van der Waals surface area contributed by atoms with Crippen molar-refractivity contribution in [3.63, 3.8) is 0 Å². The van der Waals surface area contributed by atoms with Crippen LogP contribution in [0.5, 0.6) is 0 Å². The summed E-state index contributed by atoms with van der Waals surface area (Å²) in [5.41, 5.74) is 1.54. The van der Waals surface area contributed by atoms with Crippen molar-refractivity contribution in [3.8, 4) is 10.7 Å². The number of halogens is 3. The van der Waals surface area contributed by atoms with Crippen molar-refractivity contribution in [1.82, 2.24) is 9.97 Å². The molecule has 0 amide bonds. The molecule has 0 saturated carbocycles. The Kier molecular flexibility index (Phi) is 4.52. The third-order valence-corrected chi connectivity index (χ3v) is 5.49. The predicted octanol–water partition coefficient (Wildman–Crippen LogP) is 7.06. The zero-order valence-corrected chi connectivity index (χ0v) is 15.7. The zero-order valence-electron chi connectivity index (χ0n) is 12.6. The molecule has 4 aromatic rings. The number of anilines is 2. The molecular formula is C18H10Cl3N3S. The monoisotopic (exact) mass is 405 g/mol. The summed E-state index contributed by atoms with van der Waals surface area (Å²) in [6, 6.07) is 14.9. The minimum Gasteiger partial charge on any atom is -0.338 e. The van der Waals surface area contributed by atoms with Crippen molar-refractivity contribution in [2.75, 3.05) is 5.32 Å². The van der Waals surface area contributed by atoms with Gasteiger partial charge in [-0.1, -0.05) is 46.9 Å². The largest absolute Gasteiger partial charge is 0.338 e. The molecule has 0 unspecified atom stereocenters. The first-order chi connectivity index (χ1) is 12.1. The Balaban J connectivity index is 1.88. The Morgan fingerprint density at radius 3 is 2.48 bits per heavy atom. The van der Waals surface area contributed by atoms with Gasteiger partial charge in [0.05, 0.1) is 26.1 Å². The molecule has 0 aliphatic heterocycles. The van der Waals surface area contributed by atoms with Crippen LogP contribution in [0.2, 0.25) is 15.1 Å². The first-order valence-electron chi connectivity index (χ1n) is 7.34. The second kappa shape index (κ2) is 6.81.